The van der Waals surface area contributed by atoms with E-state index in [2.05, 4.69) is 5.32 Å². The van der Waals surface area contributed by atoms with E-state index in [0.29, 0.717) is 18.8 Å². The molecule has 0 saturated heterocycles. The van der Waals surface area contributed by atoms with Gasteiger partial charge in [-0.1, -0.05) is 29.8 Å². The Kier molecular flexibility index (Phi) is 7.21. The SMILES string of the molecule is Cc1ccc(S(=O)(=O)N(CC(=O)NCCN(C)C)c2cccc(C)c2C)cc1. The van der Waals surface area contributed by atoms with E-state index in [-0.39, 0.29) is 17.3 Å². The fourth-order valence-corrected chi connectivity index (χ4v) is 4.23. The summed E-state index contributed by atoms with van der Waals surface area (Å²) in [6.45, 7) is 6.56. The topological polar surface area (TPSA) is 69.7 Å². The van der Waals surface area contributed by atoms with Crippen molar-refractivity contribution in [3.8, 4) is 0 Å². The van der Waals surface area contributed by atoms with Crippen LogP contribution in [-0.4, -0.2) is 53.0 Å². The zero-order chi connectivity index (χ0) is 20.9. The van der Waals surface area contributed by atoms with Gasteiger partial charge in [0.25, 0.3) is 10.0 Å². The second-order valence-corrected chi connectivity index (χ2v) is 9.06. The zero-order valence-corrected chi connectivity index (χ0v) is 18.0. The van der Waals surface area contributed by atoms with Gasteiger partial charge in [-0.15, -0.1) is 0 Å². The summed E-state index contributed by atoms with van der Waals surface area (Å²) in [6.07, 6.45) is 0. The Morgan fingerprint density at radius 3 is 2.25 bits per heavy atom. The molecule has 0 aromatic heterocycles. The van der Waals surface area contributed by atoms with Crippen LogP contribution in [0.1, 0.15) is 16.7 Å². The van der Waals surface area contributed by atoms with Crippen LogP contribution >= 0.6 is 0 Å². The van der Waals surface area contributed by atoms with Gasteiger partial charge in [0.05, 0.1) is 10.6 Å². The van der Waals surface area contributed by atoms with Crippen LogP contribution in [0.2, 0.25) is 0 Å². The van der Waals surface area contributed by atoms with Crippen LogP contribution in [0.15, 0.2) is 47.4 Å². The summed E-state index contributed by atoms with van der Waals surface area (Å²) in [5, 5.41) is 2.79. The Balaban J connectivity index is 2.40. The lowest BCUT2D eigenvalue weighted by Crippen LogP contribution is -2.42. The van der Waals surface area contributed by atoms with E-state index in [0.717, 1.165) is 16.7 Å². The van der Waals surface area contributed by atoms with Gasteiger partial charge in [0, 0.05) is 13.1 Å². The number of carbonyl (C=O) groups excluding carboxylic acids is 1. The van der Waals surface area contributed by atoms with Crippen LogP contribution in [0.25, 0.3) is 0 Å². The first kappa shape index (κ1) is 21.9. The molecule has 0 aliphatic carbocycles. The molecule has 0 spiro atoms. The van der Waals surface area contributed by atoms with Crippen molar-refractivity contribution in [3.05, 3.63) is 59.2 Å². The molecular weight excluding hydrogens is 374 g/mol. The van der Waals surface area contributed by atoms with E-state index in [9.17, 15) is 13.2 Å². The number of rotatable bonds is 8. The molecule has 0 aliphatic heterocycles. The number of anilines is 1. The molecule has 0 atom stereocenters. The molecule has 0 radical (unpaired) electrons. The van der Waals surface area contributed by atoms with Crippen molar-refractivity contribution >= 4 is 21.6 Å². The monoisotopic (exact) mass is 403 g/mol. The lowest BCUT2D eigenvalue weighted by atomic mass is 10.1. The van der Waals surface area contributed by atoms with Crippen molar-refractivity contribution in [1.82, 2.24) is 10.2 Å². The average Bonchev–Trinajstić information content (AvgIpc) is 2.62. The minimum atomic E-state index is -3.88. The highest BCUT2D eigenvalue weighted by molar-refractivity contribution is 7.92. The molecule has 0 bridgehead atoms. The number of amides is 1. The molecule has 0 heterocycles. The molecule has 152 valence electrons. The normalized spacial score (nSPS) is 11.5. The fraction of sp³-hybridized carbons (Fsp3) is 0.381. The Hall–Kier alpha value is -2.38. The van der Waals surface area contributed by atoms with Crippen LogP contribution in [0, 0.1) is 20.8 Å². The number of carbonyl (C=O) groups is 1. The fourth-order valence-electron chi connectivity index (χ4n) is 2.75. The van der Waals surface area contributed by atoms with E-state index in [1.807, 2.05) is 45.8 Å². The summed E-state index contributed by atoms with van der Waals surface area (Å²) in [4.78, 5) is 14.6. The predicted molar refractivity (Wildman–Crippen MR) is 113 cm³/mol. The summed E-state index contributed by atoms with van der Waals surface area (Å²) < 4.78 is 27.9. The first-order valence-electron chi connectivity index (χ1n) is 9.20. The molecule has 7 heteroatoms. The maximum Gasteiger partial charge on any atom is 0.264 e. The average molecular weight is 404 g/mol. The van der Waals surface area contributed by atoms with Gasteiger partial charge in [-0.25, -0.2) is 8.42 Å². The molecule has 2 rings (SSSR count). The van der Waals surface area contributed by atoms with Gasteiger partial charge >= 0.3 is 0 Å². The summed E-state index contributed by atoms with van der Waals surface area (Å²) in [5.41, 5.74) is 3.29. The summed E-state index contributed by atoms with van der Waals surface area (Å²) in [6, 6.07) is 12.1. The molecule has 2 aromatic carbocycles. The van der Waals surface area contributed by atoms with Gasteiger partial charge in [-0.3, -0.25) is 9.10 Å². The molecule has 0 aliphatic rings. The third-order valence-electron chi connectivity index (χ3n) is 4.62. The van der Waals surface area contributed by atoms with Gasteiger partial charge in [0.2, 0.25) is 5.91 Å². The van der Waals surface area contributed by atoms with E-state index >= 15 is 0 Å². The minimum absolute atomic E-state index is 0.167. The van der Waals surface area contributed by atoms with E-state index in [4.69, 9.17) is 0 Å². The third kappa shape index (κ3) is 5.33. The lowest BCUT2D eigenvalue weighted by Gasteiger charge is -2.26. The van der Waals surface area contributed by atoms with E-state index in [1.165, 1.54) is 4.31 Å². The van der Waals surface area contributed by atoms with E-state index in [1.54, 1.807) is 36.4 Å². The molecule has 6 nitrogen and oxygen atoms in total. The number of likely N-dealkylation sites (N-methyl/N-ethyl adjacent to an activating group) is 1. The number of benzene rings is 2. The van der Waals surface area contributed by atoms with Crippen LogP contribution in [0.3, 0.4) is 0 Å². The second-order valence-electron chi connectivity index (χ2n) is 7.20. The van der Waals surface area contributed by atoms with Gasteiger partial charge < -0.3 is 10.2 Å². The first-order chi connectivity index (χ1) is 13.1. The van der Waals surface area contributed by atoms with Crippen LogP contribution in [0.4, 0.5) is 5.69 Å². The van der Waals surface area contributed by atoms with Crippen molar-refractivity contribution in [2.45, 2.75) is 25.7 Å². The molecule has 28 heavy (non-hydrogen) atoms. The first-order valence-corrected chi connectivity index (χ1v) is 10.6. The van der Waals surface area contributed by atoms with Crippen LogP contribution in [0.5, 0.6) is 0 Å². The van der Waals surface area contributed by atoms with Crippen molar-refractivity contribution in [2.75, 3.05) is 38.0 Å². The van der Waals surface area contributed by atoms with Crippen LogP contribution in [-0.2, 0) is 14.8 Å². The number of sulfonamides is 1. The lowest BCUT2D eigenvalue weighted by molar-refractivity contribution is -0.119. The van der Waals surface area contributed by atoms with Crippen molar-refractivity contribution in [1.29, 1.82) is 0 Å². The summed E-state index contributed by atoms with van der Waals surface area (Å²) in [5.74, 6) is -0.335. The quantitative estimate of drug-likeness (QED) is 0.735. The molecular formula is C21H29N3O3S. The molecule has 0 fully saturated rings. The number of nitrogens with zero attached hydrogens (tertiary/aromatic N) is 2. The standard InChI is InChI=1S/C21H29N3O3S/c1-16-9-11-19(12-10-16)28(26,27)24(15-21(25)22-13-14-23(4)5)20-8-6-7-17(2)18(20)3/h6-12H,13-15H2,1-5H3,(H,22,25). The number of hydrogen-bond donors (Lipinski definition) is 1. The van der Waals surface area contributed by atoms with Crippen molar-refractivity contribution < 1.29 is 13.2 Å². The van der Waals surface area contributed by atoms with Gasteiger partial charge in [-0.05, 0) is 64.2 Å². The second kappa shape index (κ2) is 9.21. The molecule has 1 N–H and O–H groups in total. The Morgan fingerprint density at radius 1 is 1.00 bits per heavy atom. The Bertz CT molecular complexity index is 922. The van der Waals surface area contributed by atoms with Gasteiger partial charge in [-0.2, -0.15) is 0 Å². The molecule has 1 amide bonds. The largest absolute Gasteiger partial charge is 0.353 e. The third-order valence-corrected chi connectivity index (χ3v) is 6.40. The Labute approximate surface area is 168 Å². The molecule has 2 aromatic rings. The highest BCUT2D eigenvalue weighted by Crippen LogP contribution is 2.28. The predicted octanol–water partition coefficient (Wildman–Crippen LogP) is 2.48. The highest BCUT2D eigenvalue weighted by atomic mass is 32.2. The van der Waals surface area contributed by atoms with Crippen molar-refractivity contribution in [2.24, 2.45) is 0 Å². The molecule has 0 saturated carbocycles. The maximum absolute atomic E-state index is 13.4. The summed E-state index contributed by atoms with van der Waals surface area (Å²) in [7, 11) is -0.0583. The van der Waals surface area contributed by atoms with Gasteiger partial charge in [0.15, 0.2) is 0 Å². The number of hydrogen-bond acceptors (Lipinski definition) is 4. The van der Waals surface area contributed by atoms with Crippen LogP contribution < -0.4 is 9.62 Å². The molecule has 0 unspecified atom stereocenters. The highest BCUT2D eigenvalue weighted by Gasteiger charge is 2.28. The number of aryl methyl sites for hydroxylation is 2. The zero-order valence-electron chi connectivity index (χ0n) is 17.2. The van der Waals surface area contributed by atoms with Crippen molar-refractivity contribution in [3.63, 3.8) is 0 Å². The number of nitrogens with one attached hydrogen (secondary N) is 1. The smallest absolute Gasteiger partial charge is 0.264 e. The Morgan fingerprint density at radius 2 is 1.64 bits per heavy atom. The van der Waals surface area contributed by atoms with Gasteiger partial charge in [0.1, 0.15) is 6.54 Å². The maximum atomic E-state index is 13.4. The van der Waals surface area contributed by atoms with E-state index < -0.39 is 10.0 Å². The summed E-state index contributed by atoms with van der Waals surface area (Å²) >= 11 is 0. The minimum Gasteiger partial charge on any atom is -0.353 e.